The van der Waals surface area contributed by atoms with E-state index in [9.17, 15) is 0 Å². The van der Waals surface area contributed by atoms with Crippen molar-refractivity contribution in [1.29, 1.82) is 0 Å². The number of H-pyrrole nitrogens is 1. The molecule has 0 aliphatic carbocycles. The number of fused-ring (bicyclic) bond motifs is 1. The molecule has 2 aromatic rings. The summed E-state index contributed by atoms with van der Waals surface area (Å²) in [5.41, 5.74) is 1.05. The van der Waals surface area contributed by atoms with Crippen molar-refractivity contribution in [2.24, 2.45) is 0 Å². The molecule has 2 heterocycles. The monoisotopic (exact) mass is 291 g/mol. The number of nitrogens with one attached hydrogen (secondary N) is 1. The third-order valence-corrected chi connectivity index (χ3v) is 1.61. The number of aromatic nitrogens is 4. The Morgan fingerprint density at radius 1 is 1.23 bits per heavy atom. The first kappa shape index (κ1) is 13.2. The maximum atomic E-state index is 5.68. The average molecular weight is 292 g/mol. The van der Waals surface area contributed by atoms with Gasteiger partial charge in [0.2, 0.25) is 5.28 Å². The van der Waals surface area contributed by atoms with Crippen LogP contribution in [0.15, 0.2) is 0 Å². The van der Waals surface area contributed by atoms with Crippen molar-refractivity contribution < 1.29 is 32.7 Å². The summed E-state index contributed by atoms with van der Waals surface area (Å²) in [5.74, 6) is 0. The van der Waals surface area contributed by atoms with Crippen LogP contribution < -0.4 is 0 Å². The van der Waals surface area contributed by atoms with Crippen LogP contribution in [-0.2, 0) is 32.7 Å². The van der Waals surface area contributed by atoms with Crippen LogP contribution in [0.1, 0.15) is 0 Å². The first-order valence-electron chi connectivity index (χ1n) is 2.72. The van der Waals surface area contributed by atoms with Crippen LogP contribution in [0.3, 0.4) is 0 Å². The van der Waals surface area contributed by atoms with Gasteiger partial charge in [-0.05, 0) is 17.1 Å². The van der Waals surface area contributed by atoms with Gasteiger partial charge in [0.1, 0.15) is 0 Å². The van der Waals surface area contributed by atoms with E-state index in [4.69, 9.17) is 23.2 Å². The fourth-order valence-electron chi connectivity index (χ4n) is 0.725. The molecule has 1 N–H and O–H groups in total. The summed E-state index contributed by atoms with van der Waals surface area (Å²) in [6, 6.07) is 0. The molecule has 0 aliphatic rings. The summed E-state index contributed by atoms with van der Waals surface area (Å²) in [7, 11) is 0. The smallest absolute Gasteiger partial charge is 0.219 e. The second-order valence-electron chi connectivity index (χ2n) is 1.84. The van der Waals surface area contributed by atoms with Gasteiger partial charge in [-0.3, -0.25) is 4.98 Å². The van der Waals surface area contributed by atoms with Crippen molar-refractivity contribution in [2.45, 2.75) is 0 Å². The van der Waals surface area contributed by atoms with Gasteiger partial charge in [-0.1, -0.05) is 23.3 Å². The predicted molar refractivity (Wildman–Crippen MR) is 47.0 cm³/mol. The third kappa shape index (κ3) is 2.59. The van der Waals surface area contributed by atoms with Gasteiger partial charge in [-0.2, -0.15) is 0 Å². The zero-order valence-electron chi connectivity index (χ0n) is 6.67. The van der Waals surface area contributed by atoms with Gasteiger partial charge in [0, 0.05) is 32.7 Å². The van der Waals surface area contributed by atoms with Gasteiger partial charge >= 0.3 is 0 Å². The number of aromatic amines is 1. The maximum Gasteiger partial charge on any atom is 0.219 e. The van der Waals surface area contributed by atoms with Crippen LogP contribution in [0.4, 0.5) is 0 Å². The largest absolute Gasteiger partial charge is 0.371 e. The normalized spacial score (nSPS) is 9.08. The van der Waals surface area contributed by atoms with Crippen LogP contribution in [0.5, 0.6) is 0 Å². The molecule has 0 atom stereocenters. The molecule has 13 heavy (non-hydrogen) atoms. The molecule has 0 aliphatic heterocycles. The van der Waals surface area contributed by atoms with E-state index in [-0.39, 0.29) is 50.6 Å². The number of nitrogens with zero attached hydrogens (tertiary/aromatic N) is 3. The fourth-order valence-corrected chi connectivity index (χ4v) is 1.15. The Kier molecular flexibility index (Phi) is 5.29. The second kappa shape index (κ2) is 5.20. The molecule has 4 nitrogen and oxygen atoms in total. The quantitative estimate of drug-likeness (QED) is 0.458. The van der Waals surface area contributed by atoms with Crippen LogP contribution in [0.2, 0.25) is 10.4 Å². The van der Waals surface area contributed by atoms with E-state index in [0.29, 0.717) is 11.0 Å². The summed E-state index contributed by atoms with van der Waals surface area (Å²) < 4.78 is 0. The van der Waals surface area contributed by atoms with Gasteiger partial charge in [-0.25, -0.2) is 4.98 Å². The van der Waals surface area contributed by atoms with Gasteiger partial charge in [0.25, 0.3) is 0 Å². The molecule has 2 aromatic heterocycles. The fraction of sp³-hybridized carbons (Fsp3) is 0. The molecule has 0 bridgehead atoms. The van der Waals surface area contributed by atoms with Crippen LogP contribution >= 0.6 is 23.2 Å². The number of rotatable bonds is 0. The molecule has 0 aromatic carbocycles. The first-order valence-corrected chi connectivity index (χ1v) is 3.48. The second-order valence-corrected chi connectivity index (χ2v) is 2.54. The molecule has 0 saturated heterocycles. The molecular formula is C6H4Cl2N4Y-2. The number of hydrogen-bond acceptors (Lipinski definition) is 3. The Balaban J connectivity index is 0.000000720. The minimum atomic E-state index is 0. The van der Waals surface area contributed by atoms with Gasteiger partial charge in [0.05, 0.1) is 5.15 Å². The topological polar surface area (TPSA) is 54.5 Å². The summed E-state index contributed by atoms with van der Waals surface area (Å²) in [6.07, 6.45) is 2.58. The molecule has 1 radical (unpaired) electrons. The average Bonchev–Trinajstić information content (AvgIpc) is 2.34. The van der Waals surface area contributed by atoms with Crippen molar-refractivity contribution in [1.82, 2.24) is 20.2 Å². The zero-order chi connectivity index (χ0) is 7.84. The third-order valence-electron chi connectivity index (χ3n) is 1.17. The Morgan fingerprint density at radius 2 is 1.92 bits per heavy atom. The Morgan fingerprint density at radius 3 is 2.62 bits per heavy atom. The first-order chi connectivity index (χ1) is 5.27. The van der Waals surface area contributed by atoms with E-state index in [0.717, 1.165) is 0 Å². The molecule has 0 spiro atoms. The van der Waals surface area contributed by atoms with Gasteiger partial charge < -0.3 is 17.6 Å². The standard InChI is InChI=1S/C5HCl2N4.CH3.Y/c6-4-3-2(1-8-11-3)9-5(7)10-4;;/h(H,8,11);1H3;/q2*-1;. The summed E-state index contributed by atoms with van der Waals surface area (Å²) in [6.45, 7) is 0. The van der Waals surface area contributed by atoms with Crippen LogP contribution in [-0.4, -0.2) is 20.2 Å². The van der Waals surface area contributed by atoms with E-state index < -0.39 is 0 Å². The van der Waals surface area contributed by atoms with Crippen LogP contribution in [0.25, 0.3) is 11.0 Å². The van der Waals surface area contributed by atoms with Gasteiger partial charge in [-0.15, -0.1) is 0 Å². The molecular weight excluding hydrogens is 288 g/mol. The van der Waals surface area contributed by atoms with Crippen molar-refractivity contribution in [3.8, 4) is 0 Å². The minimum Gasteiger partial charge on any atom is -0.371 e. The Bertz CT molecular complexity index is 402. The van der Waals surface area contributed by atoms with Crippen molar-refractivity contribution in [2.75, 3.05) is 0 Å². The van der Waals surface area contributed by atoms with E-state index in [2.05, 4.69) is 26.4 Å². The molecule has 0 amide bonds. The molecule has 2 rings (SSSR count). The molecule has 0 unspecified atom stereocenters. The van der Waals surface area contributed by atoms with Crippen molar-refractivity contribution in [3.05, 3.63) is 24.1 Å². The Labute approximate surface area is 110 Å². The maximum absolute atomic E-state index is 5.68. The van der Waals surface area contributed by atoms with E-state index in [1.54, 1.807) is 0 Å². The van der Waals surface area contributed by atoms with Crippen LogP contribution in [0, 0.1) is 13.6 Å². The number of hydrogen-bond donors (Lipinski definition) is 1. The van der Waals surface area contributed by atoms with E-state index >= 15 is 0 Å². The number of halogens is 2. The molecule has 7 heteroatoms. The van der Waals surface area contributed by atoms with Gasteiger partial charge in [0.15, 0.2) is 0 Å². The molecule has 67 valence electrons. The predicted octanol–water partition coefficient (Wildman–Crippen LogP) is 1.91. The van der Waals surface area contributed by atoms with Crippen molar-refractivity contribution in [3.63, 3.8) is 0 Å². The summed E-state index contributed by atoms with van der Waals surface area (Å²) >= 11 is 11.2. The minimum absolute atomic E-state index is 0. The Hall–Kier alpha value is 0.234. The SMILES string of the molecule is Clc1nc(Cl)c2[nH]n[c-]c2n1.[CH3-].[Y]. The molecule has 0 saturated carbocycles. The zero-order valence-corrected chi connectivity index (χ0v) is 11.0. The van der Waals surface area contributed by atoms with Crippen molar-refractivity contribution >= 4 is 34.2 Å². The summed E-state index contributed by atoms with van der Waals surface area (Å²) in [5, 5.41) is 6.56. The van der Waals surface area contributed by atoms with E-state index in [1.165, 1.54) is 0 Å². The molecule has 0 fully saturated rings. The van der Waals surface area contributed by atoms with E-state index in [1.807, 2.05) is 0 Å². The summed E-state index contributed by atoms with van der Waals surface area (Å²) in [4.78, 5) is 7.52.